The van der Waals surface area contributed by atoms with Gasteiger partial charge in [0.2, 0.25) is 0 Å². The molecule has 2 rings (SSSR count). The van der Waals surface area contributed by atoms with Crippen LogP contribution in [0.2, 0.25) is 0 Å². The molecule has 2 aromatic rings. The lowest BCUT2D eigenvalue weighted by Crippen LogP contribution is -2.20. The molecule has 0 amide bonds. The summed E-state index contributed by atoms with van der Waals surface area (Å²) in [6.45, 7) is 4.83. The summed E-state index contributed by atoms with van der Waals surface area (Å²) in [7, 11) is 0. The number of thiazole rings is 1. The van der Waals surface area contributed by atoms with Crippen LogP contribution in [-0.2, 0) is 6.54 Å². The molecule has 0 saturated heterocycles. The van der Waals surface area contributed by atoms with E-state index >= 15 is 0 Å². The minimum atomic E-state index is 0.621. The van der Waals surface area contributed by atoms with Gasteiger partial charge >= 0.3 is 0 Å². The van der Waals surface area contributed by atoms with E-state index in [-0.39, 0.29) is 0 Å². The Morgan fingerprint density at radius 2 is 2.19 bits per heavy atom. The lowest BCUT2D eigenvalue weighted by Gasteiger charge is -2.03. The second-order valence-electron chi connectivity index (χ2n) is 3.83. The zero-order valence-electron chi connectivity index (χ0n) is 9.45. The first kappa shape index (κ1) is 11.3. The Morgan fingerprint density at radius 1 is 1.38 bits per heavy atom. The molecule has 0 radical (unpaired) electrons. The summed E-state index contributed by atoms with van der Waals surface area (Å²) in [6, 6.07) is 6.41. The number of nitrogens with one attached hydrogen (secondary N) is 1. The minimum absolute atomic E-state index is 0.621. The summed E-state index contributed by atoms with van der Waals surface area (Å²) < 4.78 is 0. The Balaban J connectivity index is 2.35. The Hall–Kier alpha value is -1.23. The molecule has 3 nitrogen and oxygen atoms in total. The van der Waals surface area contributed by atoms with E-state index in [1.807, 2.05) is 0 Å². The molecule has 1 aromatic heterocycles. The van der Waals surface area contributed by atoms with Crippen molar-refractivity contribution in [2.24, 2.45) is 5.84 Å². The van der Waals surface area contributed by atoms with Gasteiger partial charge in [0.05, 0.1) is 12.2 Å². The van der Waals surface area contributed by atoms with Crippen molar-refractivity contribution in [3.05, 3.63) is 39.7 Å². The van der Waals surface area contributed by atoms with Gasteiger partial charge in [-0.05, 0) is 19.4 Å². The third-order valence-electron chi connectivity index (χ3n) is 2.46. The Labute approximate surface area is 99.3 Å². The number of aryl methyl sites for hydroxylation is 2. The van der Waals surface area contributed by atoms with Crippen LogP contribution in [0.3, 0.4) is 0 Å². The Kier molecular flexibility index (Phi) is 3.33. The average molecular weight is 233 g/mol. The van der Waals surface area contributed by atoms with Crippen molar-refractivity contribution in [3.8, 4) is 11.3 Å². The van der Waals surface area contributed by atoms with Crippen LogP contribution in [-0.4, -0.2) is 4.98 Å². The fraction of sp³-hybridized carbons (Fsp3) is 0.250. The van der Waals surface area contributed by atoms with Crippen LogP contribution in [0.25, 0.3) is 11.3 Å². The summed E-state index contributed by atoms with van der Waals surface area (Å²) in [5.41, 5.74) is 7.39. The maximum Gasteiger partial charge on any atom is 0.108 e. The first-order valence-corrected chi connectivity index (χ1v) is 6.04. The highest BCUT2D eigenvalue weighted by molar-refractivity contribution is 7.09. The van der Waals surface area contributed by atoms with Crippen LogP contribution >= 0.6 is 11.3 Å². The summed E-state index contributed by atoms with van der Waals surface area (Å²) in [6.07, 6.45) is 0. The summed E-state index contributed by atoms with van der Waals surface area (Å²) >= 11 is 1.63. The van der Waals surface area contributed by atoms with E-state index in [4.69, 9.17) is 5.84 Å². The maximum atomic E-state index is 5.27. The first-order valence-electron chi connectivity index (χ1n) is 5.16. The molecule has 1 aromatic carbocycles. The number of hydrogen-bond acceptors (Lipinski definition) is 4. The molecule has 0 aliphatic rings. The van der Waals surface area contributed by atoms with Crippen molar-refractivity contribution in [1.29, 1.82) is 0 Å². The maximum absolute atomic E-state index is 5.27. The van der Waals surface area contributed by atoms with E-state index in [9.17, 15) is 0 Å². The molecule has 0 spiro atoms. The zero-order valence-corrected chi connectivity index (χ0v) is 10.3. The molecule has 0 aliphatic heterocycles. The van der Waals surface area contributed by atoms with Gasteiger partial charge in [-0.15, -0.1) is 11.3 Å². The summed E-state index contributed by atoms with van der Waals surface area (Å²) in [4.78, 5) is 4.54. The number of hydrogen-bond donors (Lipinski definition) is 2. The van der Waals surface area contributed by atoms with E-state index in [0.29, 0.717) is 6.54 Å². The molecular weight excluding hydrogens is 218 g/mol. The highest BCUT2D eigenvalue weighted by Crippen LogP contribution is 2.25. The number of hydrazine groups is 1. The van der Waals surface area contributed by atoms with E-state index in [2.05, 4.69) is 47.8 Å². The second kappa shape index (κ2) is 4.74. The van der Waals surface area contributed by atoms with Crippen molar-refractivity contribution < 1.29 is 0 Å². The molecule has 0 atom stereocenters. The molecule has 1 heterocycles. The molecule has 0 bridgehead atoms. The van der Waals surface area contributed by atoms with Crippen molar-refractivity contribution in [1.82, 2.24) is 10.4 Å². The summed E-state index contributed by atoms with van der Waals surface area (Å²) in [5.74, 6) is 5.27. The van der Waals surface area contributed by atoms with Crippen molar-refractivity contribution in [2.75, 3.05) is 0 Å². The average Bonchev–Trinajstić information content (AvgIpc) is 2.67. The van der Waals surface area contributed by atoms with Gasteiger partial charge in [-0.3, -0.25) is 11.3 Å². The predicted molar refractivity (Wildman–Crippen MR) is 68.1 cm³/mol. The minimum Gasteiger partial charge on any atom is -0.271 e. The molecule has 0 aliphatic carbocycles. The number of benzene rings is 1. The van der Waals surface area contributed by atoms with Gasteiger partial charge in [0, 0.05) is 10.9 Å². The highest BCUT2D eigenvalue weighted by Gasteiger charge is 2.06. The molecular formula is C12H15N3S. The normalized spacial score (nSPS) is 10.7. The van der Waals surface area contributed by atoms with Crippen molar-refractivity contribution in [2.45, 2.75) is 20.4 Å². The fourth-order valence-corrected chi connectivity index (χ4v) is 2.45. The Bertz CT molecular complexity index is 491. The van der Waals surface area contributed by atoms with E-state index in [0.717, 1.165) is 10.7 Å². The molecule has 0 unspecified atom stereocenters. The predicted octanol–water partition coefficient (Wildman–Crippen LogP) is 2.39. The van der Waals surface area contributed by atoms with Crippen LogP contribution in [0, 0.1) is 13.8 Å². The van der Waals surface area contributed by atoms with Gasteiger partial charge < -0.3 is 0 Å². The van der Waals surface area contributed by atoms with Crippen LogP contribution in [0.1, 0.15) is 16.1 Å². The van der Waals surface area contributed by atoms with Gasteiger partial charge in [-0.2, -0.15) is 0 Å². The zero-order chi connectivity index (χ0) is 11.5. The molecule has 0 fully saturated rings. The number of nitrogens with zero attached hydrogens (tertiary/aromatic N) is 1. The lowest BCUT2D eigenvalue weighted by atomic mass is 10.0. The summed E-state index contributed by atoms with van der Waals surface area (Å²) in [5, 5.41) is 3.09. The molecule has 84 valence electrons. The van der Waals surface area contributed by atoms with E-state index < -0.39 is 0 Å². The van der Waals surface area contributed by atoms with Crippen LogP contribution in [0.15, 0.2) is 23.6 Å². The number of rotatable bonds is 3. The number of aromatic nitrogens is 1. The monoisotopic (exact) mass is 233 g/mol. The van der Waals surface area contributed by atoms with Gasteiger partial charge in [0.15, 0.2) is 0 Å². The van der Waals surface area contributed by atoms with Gasteiger partial charge in [0.1, 0.15) is 5.01 Å². The third-order valence-corrected chi connectivity index (χ3v) is 3.31. The topological polar surface area (TPSA) is 50.9 Å². The van der Waals surface area contributed by atoms with Gasteiger partial charge in [-0.1, -0.05) is 23.8 Å². The van der Waals surface area contributed by atoms with Crippen molar-refractivity contribution in [3.63, 3.8) is 0 Å². The highest BCUT2D eigenvalue weighted by atomic mass is 32.1. The molecule has 4 heteroatoms. The standard InChI is InChI=1S/C12H15N3S/c1-8-3-4-10(9(2)5-8)11-7-16-12(15-11)6-14-13/h3-5,7,14H,6,13H2,1-2H3. The lowest BCUT2D eigenvalue weighted by molar-refractivity contribution is 0.737. The molecule has 0 saturated carbocycles. The molecule has 16 heavy (non-hydrogen) atoms. The largest absolute Gasteiger partial charge is 0.271 e. The Morgan fingerprint density at radius 3 is 2.88 bits per heavy atom. The first-order chi connectivity index (χ1) is 7.70. The van der Waals surface area contributed by atoms with Gasteiger partial charge in [0.25, 0.3) is 0 Å². The van der Waals surface area contributed by atoms with E-state index in [1.54, 1.807) is 11.3 Å². The van der Waals surface area contributed by atoms with Crippen LogP contribution in [0.4, 0.5) is 0 Å². The van der Waals surface area contributed by atoms with Crippen LogP contribution < -0.4 is 11.3 Å². The SMILES string of the molecule is Cc1ccc(-c2csc(CNN)n2)c(C)c1. The third kappa shape index (κ3) is 2.29. The van der Waals surface area contributed by atoms with E-state index in [1.165, 1.54) is 16.7 Å². The second-order valence-corrected chi connectivity index (χ2v) is 4.77. The fourth-order valence-electron chi connectivity index (χ4n) is 1.70. The number of nitrogens with two attached hydrogens (primary N) is 1. The quantitative estimate of drug-likeness (QED) is 0.632. The molecule has 3 N–H and O–H groups in total. The van der Waals surface area contributed by atoms with Crippen LogP contribution in [0.5, 0.6) is 0 Å². The smallest absolute Gasteiger partial charge is 0.108 e. The van der Waals surface area contributed by atoms with Gasteiger partial charge in [-0.25, -0.2) is 4.98 Å². The van der Waals surface area contributed by atoms with Crippen molar-refractivity contribution >= 4 is 11.3 Å².